The molecule has 0 saturated carbocycles. The lowest BCUT2D eigenvalue weighted by Crippen LogP contribution is -2.29. The van der Waals surface area contributed by atoms with E-state index in [9.17, 15) is 9.59 Å². The molecule has 9 nitrogen and oxygen atoms in total. The summed E-state index contributed by atoms with van der Waals surface area (Å²) in [7, 11) is 1.63. The molecule has 37 heavy (non-hydrogen) atoms. The van der Waals surface area contributed by atoms with Crippen molar-refractivity contribution in [2.45, 2.75) is 20.1 Å². The van der Waals surface area contributed by atoms with E-state index in [4.69, 9.17) is 4.74 Å². The summed E-state index contributed by atoms with van der Waals surface area (Å²) in [4.78, 5) is 27.9. The molecule has 0 fully saturated rings. The average Bonchev–Trinajstić information content (AvgIpc) is 3.48. The van der Waals surface area contributed by atoms with Crippen LogP contribution in [-0.2, 0) is 20.2 Å². The largest absolute Gasteiger partial charge is 0.489 e. The minimum atomic E-state index is -0.504. The van der Waals surface area contributed by atoms with Crippen LogP contribution >= 0.6 is 0 Å². The lowest BCUT2D eigenvalue weighted by atomic mass is 10.1. The van der Waals surface area contributed by atoms with Crippen molar-refractivity contribution in [3.8, 4) is 17.1 Å². The number of aryl methyl sites for hydroxylation is 2. The van der Waals surface area contributed by atoms with E-state index in [1.54, 1.807) is 16.0 Å². The highest BCUT2D eigenvalue weighted by molar-refractivity contribution is 5.80. The zero-order valence-corrected chi connectivity index (χ0v) is 20.4. The van der Waals surface area contributed by atoms with Gasteiger partial charge in [-0.3, -0.25) is 18.9 Å². The zero-order valence-electron chi connectivity index (χ0n) is 20.4. The Bertz CT molecular complexity index is 1840. The highest BCUT2D eigenvalue weighted by Crippen LogP contribution is 2.26. The first-order valence-electron chi connectivity index (χ1n) is 11.9. The molecule has 0 amide bonds. The molecule has 0 bridgehead atoms. The number of hydrogen-bond acceptors (Lipinski definition) is 5. The SMILES string of the molecule is Cc1ccc(Cn2c3c(=O)[nH]c(=O)n(C)c3n3c(-c4ccc(OCc5ccccc5)cc4)nnc23)cc1. The van der Waals surface area contributed by atoms with E-state index in [2.05, 4.69) is 15.2 Å². The molecule has 9 heteroatoms. The van der Waals surface area contributed by atoms with Gasteiger partial charge in [-0.15, -0.1) is 10.2 Å². The Labute approximate surface area is 211 Å². The van der Waals surface area contributed by atoms with Crippen LogP contribution in [0, 0.1) is 6.92 Å². The van der Waals surface area contributed by atoms with Gasteiger partial charge in [-0.2, -0.15) is 0 Å². The van der Waals surface area contributed by atoms with Crippen molar-refractivity contribution in [3.63, 3.8) is 0 Å². The molecule has 0 atom stereocenters. The fourth-order valence-electron chi connectivity index (χ4n) is 4.50. The first-order valence-corrected chi connectivity index (χ1v) is 11.9. The first kappa shape index (κ1) is 22.5. The standard InChI is InChI=1S/C28H24N6O3/c1-18-8-10-19(11-9-18)16-33-23-25(35)29-28(36)32(2)26(23)34-24(30-31-27(33)34)21-12-14-22(15-13-21)37-17-20-6-4-3-5-7-20/h3-15H,16-17H2,1-2H3,(H,29,35,36). The number of nitrogens with one attached hydrogen (secondary N) is 1. The fraction of sp³-hybridized carbons (Fsp3) is 0.143. The second kappa shape index (κ2) is 8.94. The molecule has 184 valence electrons. The molecule has 0 aliphatic heterocycles. The molecule has 0 spiro atoms. The van der Waals surface area contributed by atoms with Crippen molar-refractivity contribution >= 4 is 16.9 Å². The number of aromatic nitrogens is 6. The van der Waals surface area contributed by atoms with Crippen molar-refractivity contribution in [2.75, 3.05) is 0 Å². The molecular weight excluding hydrogens is 468 g/mol. The molecule has 0 saturated heterocycles. The number of imidazole rings is 1. The Morgan fingerprint density at radius 2 is 1.59 bits per heavy atom. The van der Waals surface area contributed by atoms with E-state index >= 15 is 0 Å². The molecular formula is C28H24N6O3. The summed E-state index contributed by atoms with van der Waals surface area (Å²) in [5.41, 5.74) is 3.83. The van der Waals surface area contributed by atoms with Crippen LogP contribution in [0.25, 0.3) is 28.3 Å². The Morgan fingerprint density at radius 3 is 2.32 bits per heavy atom. The van der Waals surface area contributed by atoms with Crippen LogP contribution in [0.2, 0.25) is 0 Å². The summed E-state index contributed by atoms with van der Waals surface area (Å²) in [5.74, 6) is 1.72. The molecule has 0 aliphatic carbocycles. The van der Waals surface area contributed by atoms with Crippen LogP contribution in [0.5, 0.6) is 5.75 Å². The number of fused-ring (bicyclic) bond motifs is 3. The van der Waals surface area contributed by atoms with Crippen LogP contribution < -0.4 is 16.0 Å². The van der Waals surface area contributed by atoms with Gasteiger partial charge >= 0.3 is 5.69 Å². The van der Waals surface area contributed by atoms with E-state index in [-0.39, 0.29) is 0 Å². The maximum absolute atomic E-state index is 13.0. The monoisotopic (exact) mass is 492 g/mol. The maximum atomic E-state index is 13.0. The molecule has 0 radical (unpaired) electrons. The molecule has 0 unspecified atom stereocenters. The van der Waals surface area contributed by atoms with E-state index in [0.29, 0.717) is 35.9 Å². The third-order valence-electron chi connectivity index (χ3n) is 6.46. The summed E-state index contributed by atoms with van der Waals surface area (Å²) >= 11 is 0. The third kappa shape index (κ3) is 4.00. The number of aromatic amines is 1. The highest BCUT2D eigenvalue weighted by atomic mass is 16.5. The van der Waals surface area contributed by atoms with Crippen LogP contribution in [-0.4, -0.2) is 28.7 Å². The molecule has 1 N–H and O–H groups in total. The number of nitrogens with zero attached hydrogens (tertiary/aromatic N) is 5. The Hall–Kier alpha value is -4.92. The molecule has 0 aliphatic rings. The summed E-state index contributed by atoms with van der Waals surface area (Å²) in [6, 6.07) is 25.6. The van der Waals surface area contributed by atoms with Crippen molar-refractivity contribution < 1.29 is 4.74 Å². The van der Waals surface area contributed by atoms with Crippen molar-refractivity contribution in [2.24, 2.45) is 7.05 Å². The molecule has 3 aromatic carbocycles. The smallest absolute Gasteiger partial charge is 0.329 e. The molecule has 3 heterocycles. The molecule has 6 rings (SSSR count). The van der Waals surface area contributed by atoms with Gasteiger partial charge in [0, 0.05) is 12.6 Å². The van der Waals surface area contributed by atoms with Crippen LogP contribution in [0.3, 0.4) is 0 Å². The van der Waals surface area contributed by atoms with E-state index in [1.807, 2.05) is 85.8 Å². The second-order valence-corrected chi connectivity index (χ2v) is 9.02. The Balaban J connectivity index is 1.45. The lowest BCUT2D eigenvalue weighted by Gasteiger charge is -2.07. The van der Waals surface area contributed by atoms with Crippen LogP contribution in [0.1, 0.15) is 16.7 Å². The van der Waals surface area contributed by atoms with E-state index in [1.165, 1.54) is 4.57 Å². The number of rotatable bonds is 6. The number of hydrogen-bond donors (Lipinski definition) is 1. The van der Waals surface area contributed by atoms with Crippen LogP contribution in [0.15, 0.2) is 88.5 Å². The topological polar surface area (TPSA) is 99.2 Å². The number of benzene rings is 3. The first-order chi connectivity index (χ1) is 18.0. The van der Waals surface area contributed by atoms with Crippen LogP contribution in [0.4, 0.5) is 0 Å². The van der Waals surface area contributed by atoms with Gasteiger partial charge in [-0.1, -0.05) is 60.2 Å². The van der Waals surface area contributed by atoms with Gasteiger partial charge in [0.2, 0.25) is 5.78 Å². The van der Waals surface area contributed by atoms with Gasteiger partial charge in [0.25, 0.3) is 5.56 Å². The van der Waals surface area contributed by atoms with Gasteiger partial charge in [0.05, 0.1) is 6.54 Å². The van der Waals surface area contributed by atoms with Crippen molar-refractivity contribution in [3.05, 3.63) is 116 Å². The highest BCUT2D eigenvalue weighted by Gasteiger charge is 2.23. The van der Waals surface area contributed by atoms with Gasteiger partial charge < -0.3 is 4.74 Å². The summed E-state index contributed by atoms with van der Waals surface area (Å²) in [5, 5.41) is 8.87. The van der Waals surface area contributed by atoms with Gasteiger partial charge in [0.15, 0.2) is 17.0 Å². The molecule has 3 aromatic heterocycles. The Kier molecular flexibility index (Phi) is 5.45. The quantitative estimate of drug-likeness (QED) is 0.383. The summed E-state index contributed by atoms with van der Waals surface area (Å²) in [6.07, 6.45) is 0. The number of H-pyrrole nitrogens is 1. The van der Waals surface area contributed by atoms with E-state index in [0.717, 1.165) is 28.0 Å². The maximum Gasteiger partial charge on any atom is 0.329 e. The minimum absolute atomic E-state index is 0.358. The van der Waals surface area contributed by atoms with E-state index < -0.39 is 11.2 Å². The Morgan fingerprint density at radius 1 is 0.865 bits per heavy atom. The summed E-state index contributed by atoms with van der Waals surface area (Å²) in [6.45, 7) is 2.89. The van der Waals surface area contributed by atoms with Gasteiger partial charge in [-0.25, -0.2) is 9.20 Å². The zero-order chi connectivity index (χ0) is 25.5. The second-order valence-electron chi connectivity index (χ2n) is 9.02. The normalized spacial score (nSPS) is 11.4. The fourth-order valence-corrected chi connectivity index (χ4v) is 4.50. The number of ether oxygens (including phenoxy) is 1. The van der Waals surface area contributed by atoms with Gasteiger partial charge in [0.1, 0.15) is 12.4 Å². The van der Waals surface area contributed by atoms with Crippen molar-refractivity contribution in [1.29, 1.82) is 0 Å². The van der Waals surface area contributed by atoms with Gasteiger partial charge in [-0.05, 0) is 42.3 Å². The average molecular weight is 493 g/mol. The summed E-state index contributed by atoms with van der Waals surface area (Å²) < 4.78 is 10.9. The lowest BCUT2D eigenvalue weighted by molar-refractivity contribution is 0.306. The predicted molar refractivity (Wildman–Crippen MR) is 141 cm³/mol. The third-order valence-corrected chi connectivity index (χ3v) is 6.46. The predicted octanol–water partition coefficient (Wildman–Crippen LogP) is 3.67. The minimum Gasteiger partial charge on any atom is -0.489 e. The molecule has 6 aromatic rings. The van der Waals surface area contributed by atoms with Crippen molar-refractivity contribution in [1.82, 2.24) is 28.7 Å².